The van der Waals surface area contributed by atoms with Crippen LogP contribution in [-0.4, -0.2) is 67.3 Å². The molecule has 34 heavy (non-hydrogen) atoms. The van der Waals surface area contributed by atoms with Gasteiger partial charge in [-0.15, -0.1) is 0 Å². The topological polar surface area (TPSA) is 70.7 Å². The van der Waals surface area contributed by atoms with E-state index in [1.807, 2.05) is 49.4 Å². The Labute approximate surface area is 206 Å². The highest BCUT2D eigenvalue weighted by Gasteiger charge is 2.21. The summed E-state index contributed by atoms with van der Waals surface area (Å²) < 4.78 is 11.2. The zero-order chi connectivity index (χ0) is 23.9. The Morgan fingerprint density at radius 3 is 2.59 bits per heavy atom. The average molecular weight is 485 g/mol. The van der Waals surface area contributed by atoms with E-state index in [0.29, 0.717) is 13.0 Å². The highest BCUT2D eigenvalue weighted by molar-refractivity contribution is 6.31. The number of H-pyrrole nitrogens is 1. The van der Waals surface area contributed by atoms with Gasteiger partial charge >= 0.3 is 0 Å². The lowest BCUT2D eigenvalue weighted by Gasteiger charge is -2.35. The van der Waals surface area contributed by atoms with E-state index >= 15 is 0 Å². The zero-order valence-corrected chi connectivity index (χ0v) is 20.7. The molecular weight excluding hydrogens is 452 g/mol. The van der Waals surface area contributed by atoms with Crippen LogP contribution in [0.4, 0.5) is 5.82 Å². The van der Waals surface area contributed by atoms with Crippen molar-refractivity contribution in [1.29, 1.82) is 0 Å². The number of ketones is 1. The van der Waals surface area contributed by atoms with Gasteiger partial charge in [0.25, 0.3) is 0 Å². The Morgan fingerprint density at radius 2 is 1.88 bits per heavy atom. The number of Topliss-reactive ketones (excluding diaryl/α,β-unsaturated/α-hetero) is 1. The number of hydrogen-bond acceptors (Lipinski definition) is 6. The van der Waals surface area contributed by atoms with Gasteiger partial charge in [0.1, 0.15) is 11.9 Å². The first-order valence-electron chi connectivity index (χ1n) is 12.0. The summed E-state index contributed by atoms with van der Waals surface area (Å²) in [5.74, 6) is 1.92. The van der Waals surface area contributed by atoms with Gasteiger partial charge in [-0.2, -0.15) is 5.10 Å². The molecule has 0 radical (unpaired) electrons. The number of aromatic nitrogens is 2. The third-order valence-corrected chi connectivity index (χ3v) is 6.61. The van der Waals surface area contributed by atoms with Gasteiger partial charge in [0, 0.05) is 50.1 Å². The van der Waals surface area contributed by atoms with E-state index in [9.17, 15) is 4.79 Å². The van der Waals surface area contributed by atoms with Crippen molar-refractivity contribution in [3.63, 3.8) is 0 Å². The molecule has 8 heteroatoms. The molecule has 4 rings (SSSR count). The summed E-state index contributed by atoms with van der Waals surface area (Å²) in [6.07, 6.45) is 2.06. The van der Waals surface area contributed by atoms with Gasteiger partial charge in [-0.3, -0.25) is 14.8 Å². The molecule has 1 fully saturated rings. The van der Waals surface area contributed by atoms with Crippen molar-refractivity contribution in [3.8, 4) is 5.75 Å². The largest absolute Gasteiger partial charge is 0.494 e. The summed E-state index contributed by atoms with van der Waals surface area (Å²) in [7, 11) is 1.57. The molecular formula is C26H33ClN4O3. The predicted octanol–water partition coefficient (Wildman–Crippen LogP) is 4.86. The van der Waals surface area contributed by atoms with E-state index in [1.54, 1.807) is 7.11 Å². The van der Waals surface area contributed by atoms with Gasteiger partial charge in [0.15, 0.2) is 11.6 Å². The molecule has 2 aromatic carbocycles. The van der Waals surface area contributed by atoms with Crippen LogP contribution in [0.15, 0.2) is 42.5 Å². The summed E-state index contributed by atoms with van der Waals surface area (Å²) in [4.78, 5) is 16.8. The number of halogens is 1. The predicted molar refractivity (Wildman–Crippen MR) is 136 cm³/mol. The fourth-order valence-corrected chi connectivity index (χ4v) is 4.58. The number of benzene rings is 2. The van der Waals surface area contributed by atoms with Crippen LogP contribution in [-0.2, 0) is 9.53 Å². The lowest BCUT2D eigenvalue weighted by Crippen LogP contribution is -2.46. The molecule has 3 aromatic rings. The molecule has 0 saturated carbocycles. The summed E-state index contributed by atoms with van der Waals surface area (Å²) >= 11 is 6.08. The Balaban J connectivity index is 1.15. The quantitative estimate of drug-likeness (QED) is 0.392. The Morgan fingerprint density at radius 1 is 1.12 bits per heavy atom. The maximum atomic E-state index is 12.0. The molecule has 1 saturated heterocycles. The number of ether oxygens (including phenoxy) is 2. The molecule has 1 unspecified atom stereocenters. The molecule has 2 heterocycles. The number of carbonyl (C=O) groups excluding carboxylic acids is 1. The zero-order valence-electron chi connectivity index (χ0n) is 19.9. The Bertz CT molecular complexity index is 1080. The number of anilines is 1. The van der Waals surface area contributed by atoms with Gasteiger partial charge in [-0.05, 0) is 55.3 Å². The number of nitrogens with one attached hydrogen (secondary N) is 1. The van der Waals surface area contributed by atoms with Crippen LogP contribution < -0.4 is 9.64 Å². The number of nitrogens with zero attached hydrogens (tertiary/aromatic N) is 3. The van der Waals surface area contributed by atoms with Gasteiger partial charge in [-0.25, -0.2) is 0 Å². The van der Waals surface area contributed by atoms with E-state index in [-0.39, 0.29) is 5.78 Å². The van der Waals surface area contributed by atoms with Gasteiger partial charge < -0.3 is 14.4 Å². The number of fused-ring (bicyclic) bond motifs is 1. The SMILES string of the molecule is CCC(=O)C(OC)c1ccc(OCCCCN2CCN(c3n[nH]c4cc(Cl)ccc34)CC2)cc1. The van der Waals surface area contributed by atoms with E-state index in [1.165, 1.54) is 0 Å². The first kappa shape index (κ1) is 24.5. The molecule has 1 N–H and O–H groups in total. The summed E-state index contributed by atoms with van der Waals surface area (Å²) in [6, 6.07) is 13.5. The van der Waals surface area contributed by atoms with Crippen molar-refractivity contribution in [2.75, 3.05) is 51.3 Å². The molecule has 1 aromatic heterocycles. The van der Waals surface area contributed by atoms with Crippen LogP contribution in [0.3, 0.4) is 0 Å². The van der Waals surface area contributed by atoms with Crippen LogP contribution >= 0.6 is 11.6 Å². The molecule has 0 bridgehead atoms. The standard InChI is InChI=1S/C26H33ClN4O3/c1-3-24(32)25(33-2)19-6-9-21(10-7-19)34-17-5-4-12-30-13-15-31(16-14-30)26-22-11-8-20(27)18-23(22)28-29-26/h6-11,18,25H,3-5,12-17H2,1-2H3,(H,28,29). The minimum atomic E-state index is -0.496. The lowest BCUT2D eigenvalue weighted by atomic mass is 10.0. The number of rotatable bonds is 11. The molecule has 0 spiro atoms. The van der Waals surface area contributed by atoms with Crippen LogP contribution in [0.1, 0.15) is 37.9 Å². The molecule has 7 nitrogen and oxygen atoms in total. The van der Waals surface area contributed by atoms with E-state index < -0.39 is 6.10 Å². The normalized spacial score (nSPS) is 15.6. The van der Waals surface area contributed by atoms with Crippen molar-refractivity contribution >= 4 is 34.1 Å². The second kappa shape index (κ2) is 11.7. The van der Waals surface area contributed by atoms with Crippen molar-refractivity contribution < 1.29 is 14.3 Å². The molecule has 1 aliphatic heterocycles. The molecule has 1 aliphatic rings. The number of unbranched alkanes of at least 4 members (excludes halogenated alkanes) is 1. The van der Waals surface area contributed by atoms with Gasteiger partial charge in [0.05, 0.1) is 12.1 Å². The number of methoxy groups -OCH3 is 1. The van der Waals surface area contributed by atoms with Crippen molar-refractivity contribution in [2.45, 2.75) is 32.3 Å². The first-order valence-corrected chi connectivity index (χ1v) is 12.4. The van der Waals surface area contributed by atoms with E-state index in [4.69, 9.17) is 21.1 Å². The maximum Gasteiger partial charge on any atom is 0.165 e. The van der Waals surface area contributed by atoms with Crippen molar-refractivity contribution in [3.05, 3.63) is 53.1 Å². The molecule has 182 valence electrons. The second-order valence-corrected chi connectivity index (χ2v) is 9.06. The highest BCUT2D eigenvalue weighted by Crippen LogP contribution is 2.27. The second-order valence-electron chi connectivity index (χ2n) is 8.63. The van der Waals surface area contributed by atoms with Crippen LogP contribution in [0.25, 0.3) is 10.9 Å². The highest BCUT2D eigenvalue weighted by atomic mass is 35.5. The number of hydrogen-bond donors (Lipinski definition) is 1. The van der Waals surface area contributed by atoms with Gasteiger partial charge in [0.2, 0.25) is 0 Å². The summed E-state index contributed by atoms with van der Waals surface area (Å²) in [6.45, 7) is 7.60. The fourth-order valence-electron chi connectivity index (χ4n) is 4.41. The summed E-state index contributed by atoms with van der Waals surface area (Å²) in [5, 5.41) is 9.45. The van der Waals surface area contributed by atoms with Crippen LogP contribution in [0, 0.1) is 0 Å². The Hall–Kier alpha value is -2.61. The monoisotopic (exact) mass is 484 g/mol. The number of carbonyl (C=O) groups is 1. The minimum Gasteiger partial charge on any atom is -0.494 e. The van der Waals surface area contributed by atoms with Crippen molar-refractivity contribution in [2.24, 2.45) is 0 Å². The average Bonchev–Trinajstić information content (AvgIpc) is 3.28. The Kier molecular flexibility index (Phi) is 8.43. The number of aromatic amines is 1. The molecule has 1 atom stereocenters. The maximum absolute atomic E-state index is 12.0. The smallest absolute Gasteiger partial charge is 0.165 e. The fraction of sp³-hybridized carbons (Fsp3) is 0.462. The van der Waals surface area contributed by atoms with E-state index in [0.717, 1.165) is 78.6 Å². The van der Waals surface area contributed by atoms with Gasteiger partial charge in [-0.1, -0.05) is 30.7 Å². The lowest BCUT2D eigenvalue weighted by molar-refractivity contribution is -0.128. The molecule has 0 aliphatic carbocycles. The summed E-state index contributed by atoms with van der Waals surface area (Å²) in [5.41, 5.74) is 1.85. The van der Waals surface area contributed by atoms with Crippen molar-refractivity contribution in [1.82, 2.24) is 15.1 Å². The molecule has 0 amide bonds. The first-order chi connectivity index (χ1) is 16.6. The third-order valence-electron chi connectivity index (χ3n) is 6.37. The minimum absolute atomic E-state index is 0.0830. The van der Waals surface area contributed by atoms with Crippen LogP contribution in [0.2, 0.25) is 5.02 Å². The number of piperazine rings is 1. The third kappa shape index (κ3) is 5.90. The van der Waals surface area contributed by atoms with E-state index in [2.05, 4.69) is 20.0 Å². The van der Waals surface area contributed by atoms with Crippen LogP contribution in [0.5, 0.6) is 5.75 Å².